The molecule has 0 aliphatic heterocycles. The van der Waals surface area contributed by atoms with E-state index in [1.165, 1.54) is 6.92 Å². The molecular formula is C21H21NO4. The summed E-state index contributed by atoms with van der Waals surface area (Å²) in [5.41, 5.74) is 4.57. The Morgan fingerprint density at radius 3 is 2.19 bits per heavy atom. The van der Waals surface area contributed by atoms with Crippen LogP contribution in [0.4, 0.5) is 4.79 Å². The van der Waals surface area contributed by atoms with E-state index in [1.54, 1.807) is 0 Å². The van der Waals surface area contributed by atoms with Crippen LogP contribution >= 0.6 is 0 Å². The number of benzene rings is 2. The second-order valence-electron chi connectivity index (χ2n) is 6.45. The first-order valence-electron chi connectivity index (χ1n) is 8.66. The fourth-order valence-electron chi connectivity index (χ4n) is 3.32. The van der Waals surface area contributed by atoms with Gasteiger partial charge in [0.05, 0.1) is 6.04 Å². The number of hydrogen-bond donors (Lipinski definition) is 1. The summed E-state index contributed by atoms with van der Waals surface area (Å²) in [7, 11) is 0. The number of rotatable bonds is 7. The van der Waals surface area contributed by atoms with Crippen molar-refractivity contribution < 1.29 is 19.1 Å². The highest BCUT2D eigenvalue weighted by Crippen LogP contribution is 2.44. The summed E-state index contributed by atoms with van der Waals surface area (Å²) in [4.78, 5) is 34.1. The fraction of sp³-hybridized carbons (Fsp3) is 0.286. The van der Waals surface area contributed by atoms with Gasteiger partial charge in [0.25, 0.3) is 0 Å². The molecule has 134 valence electrons. The van der Waals surface area contributed by atoms with Crippen molar-refractivity contribution in [3.63, 3.8) is 0 Å². The van der Waals surface area contributed by atoms with E-state index in [4.69, 9.17) is 4.74 Å². The van der Waals surface area contributed by atoms with Gasteiger partial charge in [-0.3, -0.25) is 0 Å². The molecule has 26 heavy (non-hydrogen) atoms. The molecule has 0 aromatic heterocycles. The minimum atomic E-state index is -0.713. The molecule has 0 bridgehead atoms. The van der Waals surface area contributed by atoms with Crippen LogP contribution in [-0.2, 0) is 14.3 Å². The molecule has 5 heteroatoms. The van der Waals surface area contributed by atoms with Crippen LogP contribution in [0.1, 0.15) is 36.8 Å². The van der Waals surface area contributed by atoms with Gasteiger partial charge in [0.15, 0.2) is 0 Å². The zero-order valence-corrected chi connectivity index (χ0v) is 14.6. The van der Waals surface area contributed by atoms with Crippen molar-refractivity contribution in [2.24, 2.45) is 0 Å². The van der Waals surface area contributed by atoms with Crippen molar-refractivity contribution in [1.29, 1.82) is 0 Å². The predicted octanol–water partition coefficient (Wildman–Crippen LogP) is 3.46. The number of alkyl carbamates (subject to hydrolysis) is 1. The molecule has 1 N–H and O–H groups in total. The number of hydrogen-bond acceptors (Lipinski definition) is 4. The van der Waals surface area contributed by atoms with Crippen molar-refractivity contribution in [3.8, 4) is 11.1 Å². The first-order valence-corrected chi connectivity index (χ1v) is 8.66. The van der Waals surface area contributed by atoms with E-state index < -0.39 is 12.1 Å². The Balaban J connectivity index is 1.65. The average molecular weight is 351 g/mol. The number of aldehydes is 1. The van der Waals surface area contributed by atoms with E-state index in [-0.39, 0.29) is 31.1 Å². The number of carbonyl (C=O) groups is 3. The molecule has 1 aliphatic carbocycles. The van der Waals surface area contributed by atoms with Gasteiger partial charge in [-0.1, -0.05) is 48.5 Å². The summed E-state index contributed by atoms with van der Waals surface area (Å²) in [5.74, 6) is -0.0498. The van der Waals surface area contributed by atoms with E-state index in [2.05, 4.69) is 17.4 Å². The molecule has 5 nitrogen and oxygen atoms in total. The second-order valence-corrected chi connectivity index (χ2v) is 6.45. The number of fused-ring (bicyclic) bond motifs is 3. The zero-order valence-electron chi connectivity index (χ0n) is 14.6. The number of carbonyl (C=O) groups excluding carboxylic acids is 3. The van der Waals surface area contributed by atoms with Crippen LogP contribution in [0.15, 0.2) is 48.5 Å². The van der Waals surface area contributed by atoms with Gasteiger partial charge in [0.1, 0.15) is 18.7 Å². The highest BCUT2D eigenvalue weighted by molar-refractivity contribution is 5.79. The third-order valence-electron chi connectivity index (χ3n) is 4.62. The Kier molecular flexibility index (Phi) is 5.46. The molecule has 0 spiro atoms. The molecule has 0 saturated heterocycles. The van der Waals surface area contributed by atoms with Gasteiger partial charge in [-0.2, -0.15) is 0 Å². The van der Waals surface area contributed by atoms with Crippen LogP contribution in [0.3, 0.4) is 0 Å². The maximum atomic E-state index is 12.1. The quantitative estimate of drug-likeness (QED) is 0.776. The molecule has 2 aromatic carbocycles. The maximum absolute atomic E-state index is 12.1. The maximum Gasteiger partial charge on any atom is 0.407 e. The standard InChI is InChI=1S/C21H21NO4/c1-14(24)10-11-15(12-23)22-21(25)26-13-20-18-8-4-2-6-16(18)17-7-3-5-9-19(17)20/h2-9,12,15,20H,10-11,13H2,1H3,(H,22,25)/t15-/m0/s1. The van der Waals surface area contributed by atoms with Crippen molar-refractivity contribution in [2.75, 3.05) is 6.61 Å². The molecule has 0 fully saturated rings. The Bertz CT molecular complexity index is 785. The lowest BCUT2D eigenvalue weighted by molar-refractivity contribution is -0.117. The molecule has 2 aromatic rings. The average Bonchev–Trinajstić information content (AvgIpc) is 2.97. The summed E-state index contributed by atoms with van der Waals surface area (Å²) in [6.45, 7) is 1.65. The van der Waals surface area contributed by atoms with Gasteiger partial charge in [-0.25, -0.2) is 4.79 Å². The largest absolute Gasteiger partial charge is 0.449 e. The summed E-state index contributed by atoms with van der Waals surface area (Å²) in [6.07, 6.45) is 0.507. The minimum Gasteiger partial charge on any atom is -0.449 e. The van der Waals surface area contributed by atoms with Gasteiger partial charge >= 0.3 is 6.09 Å². The first-order chi connectivity index (χ1) is 12.6. The zero-order chi connectivity index (χ0) is 18.5. The van der Waals surface area contributed by atoms with Gasteiger partial charge in [-0.15, -0.1) is 0 Å². The molecule has 1 amide bonds. The summed E-state index contributed by atoms with van der Waals surface area (Å²) in [5, 5.41) is 2.51. The van der Waals surface area contributed by atoms with E-state index in [1.807, 2.05) is 36.4 Å². The fourth-order valence-corrected chi connectivity index (χ4v) is 3.32. The molecule has 3 rings (SSSR count). The highest BCUT2D eigenvalue weighted by atomic mass is 16.5. The third-order valence-corrected chi connectivity index (χ3v) is 4.62. The van der Waals surface area contributed by atoms with Crippen LogP contribution in [0.5, 0.6) is 0 Å². The molecule has 1 aliphatic rings. The normalized spacial score (nSPS) is 13.4. The SMILES string of the molecule is CC(=O)CC[C@@H](C=O)NC(=O)OCC1c2ccccc2-c2ccccc21. The van der Waals surface area contributed by atoms with E-state index >= 15 is 0 Å². The Hall–Kier alpha value is -2.95. The topological polar surface area (TPSA) is 72.5 Å². The number of ether oxygens (including phenoxy) is 1. The van der Waals surface area contributed by atoms with Gasteiger partial charge in [0.2, 0.25) is 0 Å². The van der Waals surface area contributed by atoms with Crippen molar-refractivity contribution >= 4 is 18.2 Å². The molecule has 1 atom stereocenters. The molecule has 0 radical (unpaired) electrons. The van der Waals surface area contributed by atoms with E-state index in [0.717, 1.165) is 22.3 Å². The lowest BCUT2D eigenvalue weighted by Crippen LogP contribution is -2.37. The van der Waals surface area contributed by atoms with Crippen molar-refractivity contribution in [2.45, 2.75) is 31.7 Å². The number of nitrogens with one attached hydrogen (secondary N) is 1. The monoisotopic (exact) mass is 351 g/mol. The van der Waals surface area contributed by atoms with Crippen LogP contribution in [0.25, 0.3) is 11.1 Å². The molecular weight excluding hydrogens is 330 g/mol. The lowest BCUT2D eigenvalue weighted by Gasteiger charge is -2.16. The second kappa shape index (κ2) is 7.95. The van der Waals surface area contributed by atoms with Gasteiger partial charge in [0, 0.05) is 12.3 Å². The van der Waals surface area contributed by atoms with E-state index in [0.29, 0.717) is 6.29 Å². The minimum absolute atomic E-state index is 0.0220. The number of amides is 1. The third kappa shape index (κ3) is 3.82. The number of Topliss-reactive ketones (excluding diaryl/α,β-unsaturated/α-hetero) is 1. The van der Waals surface area contributed by atoms with Crippen LogP contribution < -0.4 is 5.32 Å². The smallest absolute Gasteiger partial charge is 0.407 e. The summed E-state index contributed by atoms with van der Waals surface area (Å²) in [6, 6.07) is 15.4. The molecule has 0 heterocycles. The molecule has 0 unspecified atom stereocenters. The van der Waals surface area contributed by atoms with E-state index in [9.17, 15) is 14.4 Å². The number of ketones is 1. The predicted molar refractivity (Wildman–Crippen MR) is 98.0 cm³/mol. The molecule has 0 saturated carbocycles. The van der Waals surface area contributed by atoms with Crippen molar-refractivity contribution in [3.05, 3.63) is 59.7 Å². The van der Waals surface area contributed by atoms with Gasteiger partial charge < -0.3 is 19.6 Å². The van der Waals surface area contributed by atoms with Gasteiger partial charge in [-0.05, 0) is 35.6 Å². The lowest BCUT2D eigenvalue weighted by atomic mass is 9.98. The first kappa shape index (κ1) is 17.9. The Morgan fingerprint density at radius 2 is 1.65 bits per heavy atom. The van der Waals surface area contributed by atoms with Crippen LogP contribution in [0.2, 0.25) is 0 Å². The Morgan fingerprint density at radius 1 is 1.08 bits per heavy atom. The Labute approximate surface area is 152 Å². The summed E-state index contributed by atoms with van der Waals surface area (Å²) < 4.78 is 5.38. The highest BCUT2D eigenvalue weighted by Gasteiger charge is 2.29. The summed E-state index contributed by atoms with van der Waals surface area (Å²) >= 11 is 0. The van der Waals surface area contributed by atoms with Crippen LogP contribution in [0, 0.1) is 0 Å². The van der Waals surface area contributed by atoms with Crippen molar-refractivity contribution in [1.82, 2.24) is 5.32 Å². The van der Waals surface area contributed by atoms with Crippen LogP contribution in [-0.4, -0.2) is 30.8 Å².